The Labute approximate surface area is 134 Å². The number of aromatic hydroxyl groups is 1. The minimum absolute atomic E-state index is 0.0667. The minimum atomic E-state index is -0.442. The maximum atomic E-state index is 12.1. The van der Waals surface area contributed by atoms with Crippen LogP contribution in [0.5, 0.6) is 5.75 Å². The molecule has 2 N–H and O–H groups in total. The summed E-state index contributed by atoms with van der Waals surface area (Å²) < 4.78 is 0. The first-order chi connectivity index (χ1) is 11.2. The molecule has 0 aliphatic carbocycles. The summed E-state index contributed by atoms with van der Waals surface area (Å²) in [4.78, 5) is 12.1. The van der Waals surface area contributed by atoms with Crippen molar-refractivity contribution in [3.8, 4) is 5.75 Å². The lowest BCUT2D eigenvalue weighted by Crippen LogP contribution is -2.19. The Bertz CT molecular complexity index is 895. The SMILES string of the molecule is C/C(=N/NC(=O)c1ccccc1O)c1cccc2ccccc12. The second-order valence-electron chi connectivity index (χ2n) is 5.18. The van der Waals surface area contributed by atoms with Crippen molar-refractivity contribution < 1.29 is 9.90 Å². The molecule has 114 valence electrons. The second kappa shape index (κ2) is 6.32. The molecule has 0 spiro atoms. The summed E-state index contributed by atoms with van der Waals surface area (Å²) in [5.41, 5.74) is 4.35. The normalized spacial score (nSPS) is 11.4. The fourth-order valence-corrected chi connectivity index (χ4v) is 2.46. The molecule has 1 amide bonds. The number of benzene rings is 3. The lowest BCUT2D eigenvalue weighted by molar-refractivity contribution is 0.0952. The molecule has 0 bridgehead atoms. The van der Waals surface area contributed by atoms with Crippen molar-refractivity contribution >= 4 is 22.4 Å². The van der Waals surface area contributed by atoms with Gasteiger partial charge in [-0.1, -0.05) is 54.6 Å². The molecule has 3 aromatic carbocycles. The maximum absolute atomic E-state index is 12.1. The van der Waals surface area contributed by atoms with Gasteiger partial charge in [0.15, 0.2) is 0 Å². The van der Waals surface area contributed by atoms with Crippen LogP contribution in [0, 0.1) is 0 Å². The van der Waals surface area contributed by atoms with E-state index in [0.717, 1.165) is 16.3 Å². The monoisotopic (exact) mass is 304 g/mol. The van der Waals surface area contributed by atoms with E-state index in [-0.39, 0.29) is 11.3 Å². The molecule has 0 aliphatic rings. The van der Waals surface area contributed by atoms with Gasteiger partial charge in [-0.2, -0.15) is 5.10 Å². The molecule has 0 radical (unpaired) electrons. The molecule has 0 saturated heterocycles. The van der Waals surface area contributed by atoms with Crippen LogP contribution in [0.25, 0.3) is 10.8 Å². The van der Waals surface area contributed by atoms with Gasteiger partial charge in [-0.15, -0.1) is 0 Å². The summed E-state index contributed by atoms with van der Waals surface area (Å²) in [5.74, 6) is -0.509. The van der Waals surface area contributed by atoms with Crippen molar-refractivity contribution in [1.29, 1.82) is 0 Å². The predicted octanol–water partition coefficient (Wildman–Crippen LogP) is 3.70. The van der Waals surface area contributed by atoms with Gasteiger partial charge >= 0.3 is 0 Å². The number of para-hydroxylation sites is 1. The molecule has 0 heterocycles. The zero-order chi connectivity index (χ0) is 16.2. The summed E-state index contributed by atoms with van der Waals surface area (Å²) in [5, 5.41) is 16.1. The van der Waals surface area contributed by atoms with E-state index in [4.69, 9.17) is 0 Å². The molecular weight excluding hydrogens is 288 g/mol. The molecule has 0 aliphatic heterocycles. The highest BCUT2D eigenvalue weighted by Gasteiger charge is 2.10. The minimum Gasteiger partial charge on any atom is -0.507 e. The van der Waals surface area contributed by atoms with Gasteiger partial charge in [0.25, 0.3) is 5.91 Å². The Hall–Kier alpha value is -3.14. The van der Waals surface area contributed by atoms with Gasteiger partial charge < -0.3 is 5.11 Å². The highest BCUT2D eigenvalue weighted by Crippen LogP contribution is 2.19. The van der Waals surface area contributed by atoms with Gasteiger partial charge in [-0.25, -0.2) is 5.43 Å². The fraction of sp³-hybridized carbons (Fsp3) is 0.0526. The summed E-state index contributed by atoms with van der Waals surface area (Å²) >= 11 is 0. The standard InChI is InChI=1S/C19H16N2O2/c1-13(15-11-6-8-14-7-2-3-9-16(14)15)20-21-19(23)17-10-4-5-12-18(17)22/h2-12,22H,1H3,(H,21,23)/b20-13-. The molecule has 4 nitrogen and oxygen atoms in total. The molecule has 0 atom stereocenters. The van der Waals surface area contributed by atoms with Crippen molar-refractivity contribution in [3.05, 3.63) is 77.9 Å². The van der Waals surface area contributed by atoms with Gasteiger partial charge in [-0.05, 0) is 29.8 Å². The number of hydrogen-bond donors (Lipinski definition) is 2. The molecule has 23 heavy (non-hydrogen) atoms. The fourth-order valence-electron chi connectivity index (χ4n) is 2.46. The van der Waals surface area contributed by atoms with Crippen LogP contribution in [0.15, 0.2) is 71.8 Å². The van der Waals surface area contributed by atoms with E-state index in [1.54, 1.807) is 18.2 Å². The van der Waals surface area contributed by atoms with Crippen molar-refractivity contribution in [2.75, 3.05) is 0 Å². The Morgan fingerprint density at radius 1 is 0.913 bits per heavy atom. The average molecular weight is 304 g/mol. The highest BCUT2D eigenvalue weighted by molar-refractivity contribution is 6.10. The van der Waals surface area contributed by atoms with Crippen LogP contribution in [-0.4, -0.2) is 16.7 Å². The molecule has 0 saturated carbocycles. The van der Waals surface area contributed by atoms with Crippen LogP contribution < -0.4 is 5.43 Å². The third kappa shape index (κ3) is 3.06. The first-order valence-electron chi connectivity index (χ1n) is 7.27. The average Bonchev–Trinajstić information content (AvgIpc) is 2.59. The third-order valence-electron chi connectivity index (χ3n) is 3.65. The number of nitrogens with zero attached hydrogens (tertiary/aromatic N) is 1. The summed E-state index contributed by atoms with van der Waals surface area (Å²) in [6.07, 6.45) is 0. The zero-order valence-corrected chi connectivity index (χ0v) is 12.7. The van der Waals surface area contributed by atoms with Crippen LogP contribution in [0.1, 0.15) is 22.8 Å². The topological polar surface area (TPSA) is 61.7 Å². The highest BCUT2D eigenvalue weighted by atomic mass is 16.3. The first-order valence-corrected chi connectivity index (χ1v) is 7.27. The van der Waals surface area contributed by atoms with Gasteiger partial charge in [0.05, 0.1) is 11.3 Å². The predicted molar refractivity (Wildman–Crippen MR) is 91.7 cm³/mol. The van der Waals surface area contributed by atoms with E-state index in [9.17, 15) is 9.90 Å². The van der Waals surface area contributed by atoms with Crippen LogP contribution in [-0.2, 0) is 0 Å². The van der Waals surface area contributed by atoms with Crippen molar-refractivity contribution in [3.63, 3.8) is 0 Å². The van der Waals surface area contributed by atoms with Gasteiger partial charge in [-0.3, -0.25) is 4.79 Å². The van der Waals surface area contributed by atoms with E-state index < -0.39 is 5.91 Å². The molecule has 3 aromatic rings. The van der Waals surface area contributed by atoms with E-state index in [1.165, 1.54) is 6.07 Å². The molecule has 4 heteroatoms. The quantitative estimate of drug-likeness (QED) is 0.572. The number of hydrazone groups is 1. The Morgan fingerprint density at radius 3 is 2.39 bits per heavy atom. The summed E-state index contributed by atoms with van der Waals surface area (Å²) in [6.45, 7) is 1.84. The lowest BCUT2D eigenvalue weighted by Gasteiger charge is -2.07. The van der Waals surface area contributed by atoms with Gasteiger partial charge in [0.1, 0.15) is 5.75 Å². The number of phenols is 1. The molecule has 0 unspecified atom stereocenters. The number of amides is 1. The largest absolute Gasteiger partial charge is 0.507 e. The van der Waals surface area contributed by atoms with Crippen LogP contribution in [0.3, 0.4) is 0 Å². The number of phenolic OH excluding ortho intramolecular Hbond substituents is 1. The Balaban J connectivity index is 1.88. The van der Waals surface area contributed by atoms with Crippen molar-refractivity contribution in [1.82, 2.24) is 5.43 Å². The van der Waals surface area contributed by atoms with Gasteiger partial charge in [0.2, 0.25) is 0 Å². The molecular formula is C19H16N2O2. The lowest BCUT2D eigenvalue weighted by atomic mass is 10.0. The third-order valence-corrected chi connectivity index (χ3v) is 3.65. The molecule has 0 fully saturated rings. The van der Waals surface area contributed by atoms with E-state index in [0.29, 0.717) is 5.71 Å². The number of carbonyl (C=O) groups is 1. The summed E-state index contributed by atoms with van der Waals surface area (Å²) in [6, 6.07) is 20.3. The van der Waals surface area contributed by atoms with Crippen LogP contribution in [0.2, 0.25) is 0 Å². The van der Waals surface area contributed by atoms with Crippen molar-refractivity contribution in [2.24, 2.45) is 5.10 Å². The number of hydrogen-bond acceptors (Lipinski definition) is 3. The smallest absolute Gasteiger partial charge is 0.275 e. The number of fused-ring (bicyclic) bond motifs is 1. The Kier molecular flexibility index (Phi) is 4.06. The van der Waals surface area contributed by atoms with Gasteiger partial charge in [0, 0.05) is 5.56 Å². The van der Waals surface area contributed by atoms with Crippen molar-refractivity contribution in [2.45, 2.75) is 6.92 Å². The molecule has 3 rings (SSSR count). The number of carbonyl (C=O) groups excluding carboxylic acids is 1. The molecule has 0 aromatic heterocycles. The second-order valence-corrected chi connectivity index (χ2v) is 5.18. The number of nitrogens with one attached hydrogen (secondary N) is 1. The van der Waals surface area contributed by atoms with Crippen LogP contribution in [0.4, 0.5) is 0 Å². The number of rotatable bonds is 3. The Morgan fingerprint density at radius 2 is 1.57 bits per heavy atom. The first kappa shape index (κ1) is 14.8. The van der Waals surface area contributed by atoms with Crippen LogP contribution >= 0.6 is 0 Å². The van der Waals surface area contributed by atoms with E-state index >= 15 is 0 Å². The maximum Gasteiger partial charge on any atom is 0.275 e. The summed E-state index contributed by atoms with van der Waals surface area (Å²) in [7, 11) is 0. The van der Waals surface area contributed by atoms with E-state index in [2.05, 4.69) is 10.5 Å². The zero-order valence-electron chi connectivity index (χ0n) is 12.7. The van der Waals surface area contributed by atoms with E-state index in [1.807, 2.05) is 49.4 Å².